The first-order valence-electron chi connectivity index (χ1n) is 8.23. The Kier molecular flexibility index (Phi) is 8.94. The van der Waals surface area contributed by atoms with E-state index in [1.807, 2.05) is 6.92 Å². The van der Waals surface area contributed by atoms with E-state index in [2.05, 4.69) is 16.0 Å². The van der Waals surface area contributed by atoms with Gasteiger partial charge in [0.1, 0.15) is 24.2 Å². The summed E-state index contributed by atoms with van der Waals surface area (Å²) < 4.78 is 5.00. The van der Waals surface area contributed by atoms with Crippen LogP contribution in [0.3, 0.4) is 0 Å². The van der Waals surface area contributed by atoms with E-state index < -0.39 is 41.5 Å². The fourth-order valence-corrected chi connectivity index (χ4v) is 1.83. The van der Waals surface area contributed by atoms with E-state index >= 15 is 0 Å². The highest BCUT2D eigenvalue weighted by atomic mass is 16.6. The van der Waals surface area contributed by atoms with Crippen LogP contribution in [0.25, 0.3) is 0 Å². The molecule has 0 spiro atoms. The quantitative estimate of drug-likeness (QED) is 0.485. The fraction of sp³-hybridized carbons (Fsp3) is 0.750. The largest absolute Gasteiger partial charge is 0.444 e. The van der Waals surface area contributed by atoms with Crippen molar-refractivity contribution >= 4 is 23.8 Å². The molecular formula is C16H30N4O5. The molecule has 3 atom stereocenters. The van der Waals surface area contributed by atoms with Crippen LogP contribution in [-0.2, 0) is 19.1 Å². The van der Waals surface area contributed by atoms with Gasteiger partial charge in [-0.05, 0) is 33.6 Å². The summed E-state index contributed by atoms with van der Waals surface area (Å²) >= 11 is 0. The van der Waals surface area contributed by atoms with Gasteiger partial charge in [0.2, 0.25) is 17.7 Å². The maximum atomic E-state index is 12.1. The van der Waals surface area contributed by atoms with Gasteiger partial charge in [-0.3, -0.25) is 14.4 Å². The van der Waals surface area contributed by atoms with E-state index in [0.717, 1.165) is 0 Å². The minimum Gasteiger partial charge on any atom is -0.444 e. The van der Waals surface area contributed by atoms with Gasteiger partial charge in [-0.15, -0.1) is 0 Å². The molecule has 144 valence electrons. The second-order valence-corrected chi connectivity index (χ2v) is 6.92. The zero-order valence-electron chi connectivity index (χ0n) is 15.8. The summed E-state index contributed by atoms with van der Waals surface area (Å²) in [4.78, 5) is 46.8. The Morgan fingerprint density at radius 2 is 1.64 bits per heavy atom. The molecule has 0 saturated heterocycles. The smallest absolute Gasteiger partial charge is 0.408 e. The lowest BCUT2D eigenvalue weighted by Gasteiger charge is -2.23. The first-order valence-corrected chi connectivity index (χ1v) is 8.23. The molecule has 0 rings (SSSR count). The predicted molar refractivity (Wildman–Crippen MR) is 92.4 cm³/mol. The molecule has 0 aromatic rings. The molecule has 0 aromatic carbocycles. The highest BCUT2D eigenvalue weighted by Crippen LogP contribution is 2.07. The fourth-order valence-electron chi connectivity index (χ4n) is 1.83. The summed E-state index contributed by atoms with van der Waals surface area (Å²) in [6.07, 6.45) is -0.0700. The van der Waals surface area contributed by atoms with Crippen LogP contribution in [0.5, 0.6) is 0 Å². The molecule has 25 heavy (non-hydrogen) atoms. The van der Waals surface area contributed by atoms with Crippen molar-refractivity contribution in [3.8, 4) is 0 Å². The van der Waals surface area contributed by atoms with Crippen LogP contribution >= 0.6 is 0 Å². The topological polar surface area (TPSA) is 140 Å². The van der Waals surface area contributed by atoms with E-state index in [1.165, 1.54) is 6.92 Å². The Bertz CT molecular complexity index is 501. The van der Waals surface area contributed by atoms with E-state index in [1.54, 1.807) is 27.7 Å². The third-order valence-electron chi connectivity index (χ3n) is 3.38. The van der Waals surface area contributed by atoms with Crippen molar-refractivity contribution in [3.05, 3.63) is 0 Å². The molecule has 0 radical (unpaired) electrons. The SMILES string of the molecule is CC[C@@H](C)[C@@H](NC(=O)[C@@H](C)NC(=O)CNC(=O)OC(C)(C)C)C(N)=O. The number of nitrogens with two attached hydrogens (primary N) is 1. The number of primary amides is 1. The van der Waals surface area contributed by atoms with Crippen LogP contribution in [-0.4, -0.2) is 48.0 Å². The second-order valence-electron chi connectivity index (χ2n) is 6.92. The average molecular weight is 358 g/mol. The lowest BCUT2D eigenvalue weighted by molar-refractivity contribution is -0.131. The Morgan fingerprint density at radius 3 is 2.08 bits per heavy atom. The van der Waals surface area contributed by atoms with E-state index in [4.69, 9.17) is 10.5 Å². The number of hydrogen-bond donors (Lipinski definition) is 4. The molecule has 0 bridgehead atoms. The van der Waals surface area contributed by atoms with Gasteiger partial charge in [0.05, 0.1) is 0 Å². The summed E-state index contributed by atoms with van der Waals surface area (Å²) in [5.74, 6) is -1.85. The molecule has 4 amide bonds. The Morgan fingerprint density at radius 1 is 1.08 bits per heavy atom. The van der Waals surface area contributed by atoms with Crippen LogP contribution in [0.1, 0.15) is 48.0 Å². The molecule has 0 aliphatic carbocycles. The standard InChI is InChI=1S/C16H30N4O5/c1-7-9(2)12(13(17)22)20-14(23)10(3)19-11(21)8-18-15(24)25-16(4,5)6/h9-10,12H,7-8H2,1-6H3,(H2,17,22)(H,18,24)(H,19,21)(H,20,23)/t9-,10-,12-/m1/s1. The highest BCUT2D eigenvalue weighted by Gasteiger charge is 2.26. The van der Waals surface area contributed by atoms with Gasteiger partial charge in [0.15, 0.2) is 0 Å². The molecule has 9 heteroatoms. The molecule has 0 aliphatic heterocycles. The van der Waals surface area contributed by atoms with Crippen LogP contribution < -0.4 is 21.7 Å². The average Bonchev–Trinajstić information content (AvgIpc) is 2.47. The highest BCUT2D eigenvalue weighted by molar-refractivity contribution is 5.92. The summed E-state index contributed by atoms with van der Waals surface area (Å²) in [7, 11) is 0. The zero-order chi connectivity index (χ0) is 19.8. The predicted octanol–water partition coefficient (Wildman–Crippen LogP) is 0.0320. The second kappa shape index (κ2) is 9.85. The number of amides is 4. The van der Waals surface area contributed by atoms with Crippen LogP contribution in [0.15, 0.2) is 0 Å². The van der Waals surface area contributed by atoms with E-state index in [9.17, 15) is 19.2 Å². The molecule has 0 heterocycles. The van der Waals surface area contributed by atoms with Gasteiger partial charge >= 0.3 is 6.09 Å². The summed E-state index contributed by atoms with van der Waals surface area (Å²) in [5, 5.41) is 7.24. The number of carbonyl (C=O) groups excluding carboxylic acids is 4. The molecule has 9 nitrogen and oxygen atoms in total. The first-order chi connectivity index (χ1) is 11.4. The lowest BCUT2D eigenvalue weighted by atomic mass is 9.98. The first kappa shape index (κ1) is 22.7. The number of ether oxygens (including phenoxy) is 1. The van der Waals surface area contributed by atoms with Crippen molar-refractivity contribution in [1.29, 1.82) is 0 Å². The van der Waals surface area contributed by atoms with Crippen molar-refractivity contribution in [2.75, 3.05) is 6.54 Å². The van der Waals surface area contributed by atoms with Crippen LogP contribution in [0.4, 0.5) is 4.79 Å². The summed E-state index contributed by atoms with van der Waals surface area (Å²) in [6.45, 7) is 9.90. The van der Waals surface area contributed by atoms with E-state index in [-0.39, 0.29) is 12.5 Å². The number of carbonyl (C=O) groups is 4. The van der Waals surface area contributed by atoms with Crippen molar-refractivity contribution in [2.45, 2.75) is 65.6 Å². The maximum absolute atomic E-state index is 12.1. The Hall–Kier alpha value is -2.32. The monoisotopic (exact) mass is 358 g/mol. The third-order valence-corrected chi connectivity index (χ3v) is 3.38. The molecule has 0 aliphatic rings. The van der Waals surface area contributed by atoms with Crippen LogP contribution in [0.2, 0.25) is 0 Å². The van der Waals surface area contributed by atoms with Gasteiger partial charge in [-0.1, -0.05) is 20.3 Å². The minimum atomic E-state index is -0.890. The molecule has 0 fully saturated rings. The van der Waals surface area contributed by atoms with Gasteiger partial charge in [0, 0.05) is 0 Å². The van der Waals surface area contributed by atoms with Crippen molar-refractivity contribution in [3.63, 3.8) is 0 Å². The lowest BCUT2D eigenvalue weighted by Crippen LogP contribution is -2.54. The summed E-state index contributed by atoms with van der Waals surface area (Å²) in [5.41, 5.74) is 4.62. The van der Waals surface area contributed by atoms with Crippen molar-refractivity contribution in [1.82, 2.24) is 16.0 Å². The van der Waals surface area contributed by atoms with Gasteiger partial charge < -0.3 is 26.4 Å². The number of nitrogens with one attached hydrogen (secondary N) is 3. The normalized spacial score (nSPS) is 14.6. The third kappa shape index (κ3) is 9.53. The molecule has 0 aromatic heterocycles. The number of alkyl carbamates (subject to hydrolysis) is 1. The molecule has 5 N–H and O–H groups in total. The van der Waals surface area contributed by atoms with Gasteiger partial charge in [0.25, 0.3) is 0 Å². The van der Waals surface area contributed by atoms with Gasteiger partial charge in [-0.2, -0.15) is 0 Å². The number of rotatable bonds is 8. The maximum Gasteiger partial charge on any atom is 0.408 e. The Labute approximate surface area is 148 Å². The van der Waals surface area contributed by atoms with Crippen molar-refractivity contribution < 1.29 is 23.9 Å². The van der Waals surface area contributed by atoms with Gasteiger partial charge in [-0.25, -0.2) is 4.79 Å². The zero-order valence-corrected chi connectivity index (χ0v) is 15.8. The molecule has 0 saturated carbocycles. The summed E-state index contributed by atoms with van der Waals surface area (Å²) in [6, 6.07) is -1.70. The van der Waals surface area contributed by atoms with E-state index in [0.29, 0.717) is 6.42 Å². The molecular weight excluding hydrogens is 328 g/mol. The number of hydrogen-bond acceptors (Lipinski definition) is 5. The van der Waals surface area contributed by atoms with Crippen LogP contribution in [0, 0.1) is 5.92 Å². The Balaban J connectivity index is 4.44. The van der Waals surface area contributed by atoms with Crippen molar-refractivity contribution in [2.24, 2.45) is 11.7 Å². The molecule has 0 unspecified atom stereocenters. The minimum absolute atomic E-state index is 0.127.